The van der Waals surface area contributed by atoms with Gasteiger partial charge in [-0.1, -0.05) is 42.0 Å². The average Bonchev–Trinajstić information content (AvgIpc) is 2.82. The van der Waals surface area contributed by atoms with Gasteiger partial charge >= 0.3 is 0 Å². The molecule has 4 aromatic rings. The minimum atomic E-state index is -0.293. The number of hydrogen-bond acceptors (Lipinski definition) is 5. The molecular formula is C26H24N2O4. The molecule has 1 aromatic heterocycles. The number of rotatable bonds is 7. The highest BCUT2D eigenvalue weighted by molar-refractivity contribution is 5.93. The number of aromatic nitrogens is 1. The van der Waals surface area contributed by atoms with Crippen molar-refractivity contribution in [3.05, 3.63) is 78.4 Å². The van der Waals surface area contributed by atoms with E-state index >= 15 is 0 Å². The molecule has 0 aliphatic heterocycles. The summed E-state index contributed by atoms with van der Waals surface area (Å²) in [6.07, 6.45) is 0. The van der Waals surface area contributed by atoms with Crippen molar-refractivity contribution < 1.29 is 19.0 Å². The fourth-order valence-corrected chi connectivity index (χ4v) is 3.36. The van der Waals surface area contributed by atoms with Crippen molar-refractivity contribution >= 4 is 22.5 Å². The number of hydrogen-bond donors (Lipinski definition) is 1. The molecule has 0 radical (unpaired) electrons. The van der Waals surface area contributed by atoms with E-state index in [9.17, 15) is 4.79 Å². The number of pyridine rings is 1. The Kier molecular flexibility index (Phi) is 6.22. The Bertz CT molecular complexity index is 1230. The van der Waals surface area contributed by atoms with Gasteiger partial charge in [0.15, 0.2) is 6.61 Å². The zero-order valence-electron chi connectivity index (χ0n) is 18.2. The number of amides is 1. The number of nitrogens with one attached hydrogen (secondary N) is 1. The molecule has 0 fully saturated rings. The molecular weight excluding hydrogens is 404 g/mol. The first-order valence-corrected chi connectivity index (χ1v) is 10.2. The zero-order chi connectivity index (χ0) is 22.5. The van der Waals surface area contributed by atoms with Crippen LogP contribution in [0.3, 0.4) is 0 Å². The number of carbonyl (C=O) groups excluding carboxylic acids is 1. The highest BCUT2D eigenvalue weighted by Crippen LogP contribution is 2.30. The quantitative estimate of drug-likeness (QED) is 0.436. The Balaban J connectivity index is 1.56. The summed E-state index contributed by atoms with van der Waals surface area (Å²) in [6, 6.07) is 22.9. The standard InChI is InChI=1S/C26H24N2O4/c1-17-8-10-18(11-9-17)24-15-25(22-6-4-5-7-23(22)28-24)32-16-26(29)27-19-12-20(30-2)14-21(13-19)31-3/h4-15H,16H2,1-3H3,(H,27,29). The number of ether oxygens (including phenoxy) is 3. The molecule has 1 heterocycles. The van der Waals surface area contributed by atoms with Gasteiger partial charge in [-0.15, -0.1) is 0 Å². The third-order valence-electron chi connectivity index (χ3n) is 5.02. The van der Waals surface area contributed by atoms with Gasteiger partial charge in [0.1, 0.15) is 17.2 Å². The largest absolute Gasteiger partial charge is 0.497 e. The topological polar surface area (TPSA) is 69.7 Å². The molecule has 162 valence electrons. The zero-order valence-corrected chi connectivity index (χ0v) is 18.2. The predicted octanol–water partition coefficient (Wildman–Crippen LogP) is 5.24. The lowest BCUT2D eigenvalue weighted by Gasteiger charge is -2.13. The lowest BCUT2D eigenvalue weighted by molar-refractivity contribution is -0.118. The van der Waals surface area contributed by atoms with Crippen LogP contribution in [0.4, 0.5) is 5.69 Å². The van der Waals surface area contributed by atoms with Crippen LogP contribution in [0.1, 0.15) is 5.56 Å². The van der Waals surface area contributed by atoms with Gasteiger partial charge in [-0.25, -0.2) is 4.98 Å². The SMILES string of the molecule is COc1cc(NC(=O)COc2cc(-c3ccc(C)cc3)nc3ccccc23)cc(OC)c1. The lowest BCUT2D eigenvalue weighted by atomic mass is 10.1. The predicted molar refractivity (Wildman–Crippen MR) is 126 cm³/mol. The van der Waals surface area contributed by atoms with Crippen LogP contribution in [-0.4, -0.2) is 31.7 Å². The maximum atomic E-state index is 12.6. The first kappa shape index (κ1) is 21.2. The van der Waals surface area contributed by atoms with Crippen molar-refractivity contribution in [3.63, 3.8) is 0 Å². The van der Waals surface area contributed by atoms with Crippen molar-refractivity contribution in [2.45, 2.75) is 6.92 Å². The third kappa shape index (κ3) is 4.81. The first-order valence-electron chi connectivity index (χ1n) is 10.2. The summed E-state index contributed by atoms with van der Waals surface area (Å²) in [6.45, 7) is 1.89. The monoisotopic (exact) mass is 428 g/mol. The molecule has 0 bridgehead atoms. The Labute approximate surface area is 186 Å². The van der Waals surface area contributed by atoms with Gasteiger partial charge in [-0.2, -0.15) is 0 Å². The van der Waals surface area contributed by atoms with E-state index in [1.807, 2.05) is 61.5 Å². The van der Waals surface area contributed by atoms with Gasteiger partial charge in [-0.05, 0) is 19.1 Å². The van der Waals surface area contributed by atoms with Crippen LogP contribution in [0.5, 0.6) is 17.2 Å². The van der Waals surface area contributed by atoms with E-state index < -0.39 is 0 Å². The molecule has 0 aliphatic carbocycles. The van der Waals surface area contributed by atoms with Crippen LogP contribution in [-0.2, 0) is 4.79 Å². The minimum Gasteiger partial charge on any atom is -0.497 e. The second kappa shape index (κ2) is 9.39. The summed E-state index contributed by atoms with van der Waals surface area (Å²) in [5.74, 6) is 1.48. The summed E-state index contributed by atoms with van der Waals surface area (Å²) in [5, 5.41) is 3.67. The van der Waals surface area contributed by atoms with Crippen molar-refractivity contribution in [3.8, 4) is 28.5 Å². The Morgan fingerprint density at radius 3 is 2.28 bits per heavy atom. The van der Waals surface area contributed by atoms with E-state index in [1.165, 1.54) is 5.56 Å². The number of carbonyl (C=O) groups is 1. The second-order valence-electron chi connectivity index (χ2n) is 7.33. The van der Waals surface area contributed by atoms with Crippen LogP contribution < -0.4 is 19.5 Å². The first-order chi connectivity index (χ1) is 15.6. The van der Waals surface area contributed by atoms with Crippen LogP contribution in [0, 0.1) is 6.92 Å². The van der Waals surface area contributed by atoms with Gasteiger partial charge in [0.2, 0.25) is 0 Å². The maximum Gasteiger partial charge on any atom is 0.262 e. The van der Waals surface area contributed by atoms with E-state index in [-0.39, 0.29) is 12.5 Å². The molecule has 4 rings (SSSR count). The second-order valence-corrected chi connectivity index (χ2v) is 7.33. The number of benzene rings is 3. The molecule has 0 saturated carbocycles. The highest BCUT2D eigenvalue weighted by atomic mass is 16.5. The fourth-order valence-electron chi connectivity index (χ4n) is 3.36. The van der Waals surface area contributed by atoms with Gasteiger partial charge < -0.3 is 19.5 Å². The number of anilines is 1. The van der Waals surface area contributed by atoms with Gasteiger partial charge in [0, 0.05) is 40.9 Å². The maximum absolute atomic E-state index is 12.6. The Hall–Kier alpha value is -4.06. The van der Waals surface area contributed by atoms with E-state index in [0.29, 0.717) is 22.9 Å². The van der Waals surface area contributed by atoms with Crippen LogP contribution in [0.15, 0.2) is 72.8 Å². The van der Waals surface area contributed by atoms with Gasteiger partial charge in [0.05, 0.1) is 25.4 Å². The number of methoxy groups -OCH3 is 2. The van der Waals surface area contributed by atoms with Crippen LogP contribution in [0.25, 0.3) is 22.2 Å². The summed E-state index contributed by atoms with van der Waals surface area (Å²) in [5.41, 5.74) is 4.32. The molecule has 6 heteroatoms. The van der Waals surface area contributed by atoms with Crippen molar-refractivity contribution in [1.82, 2.24) is 4.98 Å². The third-order valence-corrected chi connectivity index (χ3v) is 5.02. The molecule has 0 unspecified atom stereocenters. The van der Waals surface area contributed by atoms with E-state index in [1.54, 1.807) is 32.4 Å². The van der Waals surface area contributed by atoms with Crippen molar-refractivity contribution in [2.24, 2.45) is 0 Å². The molecule has 1 N–H and O–H groups in total. The van der Waals surface area contributed by atoms with Crippen LogP contribution >= 0.6 is 0 Å². The minimum absolute atomic E-state index is 0.152. The summed E-state index contributed by atoms with van der Waals surface area (Å²) in [4.78, 5) is 17.3. The lowest BCUT2D eigenvalue weighted by Crippen LogP contribution is -2.20. The molecule has 32 heavy (non-hydrogen) atoms. The summed E-state index contributed by atoms with van der Waals surface area (Å²) < 4.78 is 16.4. The number of aryl methyl sites for hydroxylation is 1. The van der Waals surface area contributed by atoms with Crippen molar-refractivity contribution in [2.75, 3.05) is 26.1 Å². The molecule has 0 saturated heterocycles. The molecule has 6 nitrogen and oxygen atoms in total. The highest BCUT2D eigenvalue weighted by Gasteiger charge is 2.12. The number of fused-ring (bicyclic) bond motifs is 1. The Morgan fingerprint density at radius 2 is 1.59 bits per heavy atom. The molecule has 0 atom stereocenters. The van der Waals surface area contributed by atoms with Gasteiger partial charge in [0.25, 0.3) is 5.91 Å². The summed E-state index contributed by atoms with van der Waals surface area (Å²) in [7, 11) is 3.12. The molecule has 0 aliphatic rings. The normalized spacial score (nSPS) is 10.6. The average molecular weight is 428 g/mol. The molecule has 1 amide bonds. The van der Waals surface area contributed by atoms with Gasteiger partial charge in [-0.3, -0.25) is 4.79 Å². The van der Waals surface area contributed by atoms with Crippen LogP contribution in [0.2, 0.25) is 0 Å². The fraction of sp³-hybridized carbons (Fsp3) is 0.154. The van der Waals surface area contributed by atoms with E-state index in [4.69, 9.17) is 19.2 Å². The number of nitrogens with zero attached hydrogens (tertiary/aromatic N) is 1. The molecule has 0 spiro atoms. The smallest absolute Gasteiger partial charge is 0.262 e. The van der Waals surface area contributed by atoms with E-state index in [2.05, 4.69) is 5.32 Å². The number of para-hydroxylation sites is 1. The summed E-state index contributed by atoms with van der Waals surface area (Å²) >= 11 is 0. The van der Waals surface area contributed by atoms with Crippen molar-refractivity contribution in [1.29, 1.82) is 0 Å². The van der Waals surface area contributed by atoms with E-state index in [0.717, 1.165) is 22.2 Å². The molecule has 3 aromatic carbocycles. The Morgan fingerprint density at radius 1 is 0.906 bits per heavy atom.